The average molecular weight is 418 g/mol. The van der Waals surface area contributed by atoms with Crippen molar-refractivity contribution in [1.29, 1.82) is 0 Å². The molecule has 0 saturated heterocycles. The summed E-state index contributed by atoms with van der Waals surface area (Å²) in [4.78, 5) is 24.0. The molecule has 1 heterocycles. The fraction of sp³-hybridized carbons (Fsp3) is 0.130. The summed E-state index contributed by atoms with van der Waals surface area (Å²) in [5, 5.41) is 21.1. The van der Waals surface area contributed by atoms with E-state index in [1.165, 1.54) is 6.08 Å². The van der Waals surface area contributed by atoms with Crippen LogP contribution in [0, 0.1) is 0 Å². The van der Waals surface area contributed by atoms with Crippen molar-refractivity contribution < 1.29 is 19.4 Å². The number of ether oxygens (including phenoxy) is 1. The first-order valence-electron chi connectivity index (χ1n) is 9.49. The van der Waals surface area contributed by atoms with Gasteiger partial charge in [0.2, 0.25) is 11.8 Å². The number of para-hydroxylation sites is 1. The Kier molecular flexibility index (Phi) is 6.95. The van der Waals surface area contributed by atoms with Crippen molar-refractivity contribution in [3.05, 3.63) is 72.8 Å². The van der Waals surface area contributed by atoms with Crippen molar-refractivity contribution in [3.63, 3.8) is 0 Å². The van der Waals surface area contributed by atoms with Crippen molar-refractivity contribution in [2.24, 2.45) is 10.2 Å². The number of benzene rings is 2. The maximum absolute atomic E-state index is 12.0. The molecule has 0 atom stereocenters. The number of hydrogen-bond donors (Lipinski definition) is 2. The lowest BCUT2D eigenvalue weighted by atomic mass is 10.2. The maximum Gasteiger partial charge on any atom is 0.283 e. The molecule has 158 valence electrons. The van der Waals surface area contributed by atoms with E-state index in [2.05, 4.69) is 22.1 Å². The maximum atomic E-state index is 12.0. The summed E-state index contributed by atoms with van der Waals surface area (Å²) >= 11 is 0. The number of carbonyl (C=O) groups is 2. The Morgan fingerprint density at radius 3 is 2.65 bits per heavy atom. The number of allylic oxidation sites excluding steroid dienone is 1. The number of nitrogens with zero attached hydrogens (tertiary/aromatic N) is 3. The zero-order valence-corrected chi connectivity index (χ0v) is 17.0. The van der Waals surface area contributed by atoms with E-state index in [0.29, 0.717) is 11.9 Å². The molecule has 0 saturated carbocycles. The number of methoxy groups -OCH3 is 1. The van der Waals surface area contributed by atoms with Gasteiger partial charge in [-0.1, -0.05) is 36.4 Å². The van der Waals surface area contributed by atoms with Crippen LogP contribution in [0.2, 0.25) is 0 Å². The predicted octanol–water partition coefficient (Wildman–Crippen LogP) is 3.98. The highest BCUT2D eigenvalue weighted by Crippen LogP contribution is 2.38. The summed E-state index contributed by atoms with van der Waals surface area (Å²) in [6.07, 6.45) is 4.58. The second-order valence-corrected chi connectivity index (χ2v) is 6.51. The average Bonchev–Trinajstić information content (AvgIpc) is 3.06. The highest BCUT2D eigenvalue weighted by atomic mass is 16.5. The topological polar surface area (TPSA) is 105 Å². The second-order valence-electron chi connectivity index (χ2n) is 6.51. The van der Waals surface area contributed by atoms with E-state index < -0.39 is 11.8 Å². The van der Waals surface area contributed by atoms with Crippen molar-refractivity contribution in [3.8, 4) is 11.6 Å². The van der Waals surface area contributed by atoms with Crippen LogP contribution in [-0.2, 0) is 16.1 Å². The van der Waals surface area contributed by atoms with E-state index in [4.69, 9.17) is 4.74 Å². The Balaban J connectivity index is 1.62. The Labute approximate surface area is 179 Å². The zero-order valence-electron chi connectivity index (χ0n) is 17.0. The number of azo groups is 1. The molecule has 0 spiro atoms. The summed E-state index contributed by atoms with van der Waals surface area (Å²) < 4.78 is 6.70. The standard InChI is InChI=1S/C23H22N4O4/c1-3-14-27-19-7-5-4-6-18(19)22(23(27)30)26-25-21(29)15-24-20(28)13-10-16-8-11-17(31-2)12-9-16/h3-13,30H,1,14-15H2,2H3,(H,24,28)/b13-10+,26-25?. The molecule has 3 rings (SSSR count). The molecule has 1 aromatic heterocycles. The molecule has 0 unspecified atom stereocenters. The molecule has 8 nitrogen and oxygen atoms in total. The summed E-state index contributed by atoms with van der Waals surface area (Å²) in [7, 11) is 1.58. The van der Waals surface area contributed by atoms with Gasteiger partial charge in [-0.2, -0.15) is 0 Å². The SMILES string of the molecule is C=CCn1c(O)c(N=NC(=O)CNC(=O)/C=C/c2ccc(OC)cc2)c2ccccc21. The third kappa shape index (κ3) is 5.24. The van der Waals surface area contributed by atoms with Gasteiger partial charge in [-0.3, -0.25) is 9.59 Å². The van der Waals surface area contributed by atoms with Crippen LogP contribution in [0.4, 0.5) is 5.69 Å². The van der Waals surface area contributed by atoms with Crippen LogP contribution in [0.1, 0.15) is 5.56 Å². The van der Waals surface area contributed by atoms with Gasteiger partial charge in [0.25, 0.3) is 5.91 Å². The number of carbonyl (C=O) groups excluding carboxylic acids is 2. The van der Waals surface area contributed by atoms with Crippen LogP contribution >= 0.6 is 0 Å². The van der Waals surface area contributed by atoms with Crippen LogP contribution in [-0.4, -0.2) is 35.1 Å². The smallest absolute Gasteiger partial charge is 0.283 e. The van der Waals surface area contributed by atoms with Crippen LogP contribution in [0.5, 0.6) is 11.6 Å². The van der Waals surface area contributed by atoms with Gasteiger partial charge in [0.1, 0.15) is 12.3 Å². The zero-order chi connectivity index (χ0) is 22.2. The van der Waals surface area contributed by atoms with E-state index in [1.807, 2.05) is 12.1 Å². The quantitative estimate of drug-likeness (QED) is 0.328. The molecule has 2 N–H and O–H groups in total. The Morgan fingerprint density at radius 2 is 1.94 bits per heavy atom. The number of aromatic nitrogens is 1. The van der Waals surface area contributed by atoms with Crippen molar-refractivity contribution in [2.45, 2.75) is 6.54 Å². The highest BCUT2D eigenvalue weighted by molar-refractivity contribution is 5.96. The Bertz CT molecular complexity index is 1160. The number of amides is 2. The third-order valence-electron chi connectivity index (χ3n) is 4.45. The first-order valence-corrected chi connectivity index (χ1v) is 9.49. The largest absolute Gasteiger partial charge is 0.497 e. The van der Waals surface area contributed by atoms with Gasteiger partial charge in [0.05, 0.1) is 12.6 Å². The normalized spacial score (nSPS) is 11.3. The molecular formula is C23H22N4O4. The molecule has 8 heteroatoms. The molecule has 31 heavy (non-hydrogen) atoms. The molecule has 0 fully saturated rings. The monoisotopic (exact) mass is 418 g/mol. The van der Waals surface area contributed by atoms with Crippen molar-refractivity contribution in [2.75, 3.05) is 13.7 Å². The minimum Gasteiger partial charge on any atom is -0.497 e. The summed E-state index contributed by atoms with van der Waals surface area (Å²) in [5.74, 6) is -0.476. The second kappa shape index (κ2) is 10.0. The highest BCUT2D eigenvalue weighted by Gasteiger charge is 2.15. The summed E-state index contributed by atoms with van der Waals surface area (Å²) in [6, 6.07) is 14.4. The van der Waals surface area contributed by atoms with Gasteiger partial charge in [-0.25, -0.2) is 0 Å². The number of aromatic hydroxyl groups is 1. The van der Waals surface area contributed by atoms with Crippen LogP contribution in [0.3, 0.4) is 0 Å². The fourth-order valence-electron chi connectivity index (χ4n) is 2.93. The lowest BCUT2D eigenvalue weighted by Crippen LogP contribution is -2.26. The van der Waals surface area contributed by atoms with Crippen LogP contribution < -0.4 is 10.1 Å². The van der Waals surface area contributed by atoms with Gasteiger partial charge >= 0.3 is 0 Å². The van der Waals surface area contributed by atoms with Gasteiger partial charge in [0.15, 0.2) is 5.69 Å². The predicted molar refractivity (Wildman–Crippen MR) is 118 cm³/mol. The molecule has 3 aromatic rings. The lowest BCUT2D eigenvalue weighted by molar-refractivity contribution is -0.122. The van der Waals surface area contributed by atoms with Crippen LogP contribution in [0.25, 0.3) is 17.0 Å². The molecule has 0 aliphatic rings. The summed E-state index contributed by atoms with van der Waals surface area (Å²) in [5.41, 5.74) is 1.75. The molecule has 0 aliphatic heterocycles. The number of fused-ring (bicyclic) bond motifs is 1. The molecule has 0 aliphatic carbocycles. The number of hydrogen-bond acceptors (Lipinski definition) is 5. The molecular weight excluding hydrogens is 396 g/mol. The Morgan fingerprint density at radius 1 is 1.19 bits per heavy atom. The molecule has 2 amide bonds. The van der Waals surface area contributed by atoms with E-state index in [1.54, 1.807) is 60.2 Å². The van der Waals surface area contributed by atoms with E-state index in [0.717, 1.165) is 16.8 Å². The van der Waals surface area contributed by atoms with E-state index >= 15 is 0 Å². The number of rotatable bonds is 8. The van der Waals surface area contributed by atoms with Crippen molar-refractivity contribution >= 4 is 34.5 Å². The lowest BCUT2D eigenvalue weighted by Gasteiger charge is -2.01. The first kappa shape index (κ1) is 21.5. The molecule has 0 bridgehead atoms. The van der Waals surface area contributed by atoms with Crippen LogP contribution in [0.15, 0.2) is 77.5 Å². The Hall–Kier alpha value is -4.20. The number of nitrogens with one attached hydrogen (secondary N) is 1. The van der Waals surface area contributed by atoms with E-state index in [-0.39, 0.29) is 18.1 Å². The van der Waals surface area contributed by atoms with Gasteiger partial charge < -0.3 is 19.7 Å². The van der Waals surface area contributed by atoms with Crippen molar-refractivity contribution in [1.82, 2.24) is 9.88 Å². The first-order chi connectivity index (χ1) is 15.0. The minimum absolute atomic E-state index is 0.107. The fourth-order valence-corrected chi connectivity index (χ4v) is 2.93. The molecule has 0 radical (unpaired) electrons. The molecule has 2 aromatic carbocycles. The summed E-state index contributed by atoms with van der Waals surface area (Å²) in [6.45, 7) is 3.74. The van der Waals surface area contributed by atoms with Gasteiger partial charge in [0, 0.05) is 18.0 Å². The van der Waals surface area contributed by atoms with E-state index in [9.17, 15) is 14.7 Å². The van der Waals surface area contributed by atoms with Gasteiger partial charge in [-0.15, -0.1) is 16.8 Å². The van der Waals surface area contributed by atoms with Gasteiger partial charge in [-0.05, 0) is 29.8 Å². The minimum atomic E-state index is -0.647. The third-order valence-corrected chi connectivity index (χ3v) is 4.45.